The van der Waals surface area contributed by atoms with Crippen LogP contribution < -0.4 is 4.90 Å². The third kappa shape index (κ3) is 3.44. The van der Waals surface area contributed by atoms with Crippen molar-refractivity contribution in [2.75, 3.05) is 31.2 Å². The van der Waals surface area contributed by atoms with Crippen LogP contribution in [0, 0.1) is 6.92 Å². The fourth-order valence-electron chi connectivity index (χ4n) is 3.58. The molecule has 1 aliphatic heterocycles. The molecule has 8 heteroatoms. The number of morpholine rings is 1. The molecule has 0 saturated carbocycles. The number of halogens is 1. The van der Waals surface area contributed by atoms with Crippen molar-refractivity contribution in [1.82, 2.24) is 19.5 Å². The molecule has 0 bridgehead atoms. The third-order valence-electron chi connectivity index (χ3n) is 5.16. The minimum atomic E-state index is 0.446. The number of aromatic nitrogens is 4. The van der Waals surface area contributed by atoms with E-state index in [9.17, 15) is 0 Å². The van der Waals surface area contributed by atoms with E-state index in [2.05, 4.69) is 46.3 Å². The van der Waals surface area contributed by atoms with Crippen molar-refractivity contribution in [2.45, 2.75) is 39.7 Å². The van der Waals surface area contributed by atoms with E-state index in [-0.39, 0.29) is 0 Å². The summed E-state index contributed by atoms with van der Waals surface area (Å²) in [6.07, 6.45) is 4.06. The summed E-state index contributed by atoms with van der Waals surface area (Å²) in [4.78, 5) is 17.1. The molecular weight excluding hydrogens is 382 g/mol. The number of nitrogens with zero attached hydrogens (tertiary/aromatic N) is 5. The second-order valence-corrected chi connectivity index (χ2v) is 8.17. The summed E-state index contributed by atoms with van der Waals surface area (Å²) in [6, 6.07) is 2.62. The SMILES string of the molecule is CCC(CC)n1cnc2nc(-c3sc(N4CCOCC4)nc3Cl)c(C)cc21. The second-order valence-electron chi connectivity index (χ2n) is 6.83. The van der Waals surface area contributed by atoms with Crippen LogP contribution in [0.5, 0.6) is 0 Å². The standard InChI is InChI=1S/C19H24ClN5OS/c1-4-13(5-2)25-11-21-18-14(25)10-12(3)15(22-18)16-17(20)23-19(27-16)24-6-8-26-9-7-24/h10-11,13H,4-9H2,1-3H3. The normalized spacial score (nSPS) is 15.2. The molecule has 3 aromatic rings. The highest BCUT2D eigenvalue weighted by Crippen LogP contribution is 2.39. The number of hydrogen-bond donors (Lipinski definition) is 0. The van der Waals surface area contributed by atoms with Crippen molar-refractivity contribution in [3.05, 3.63) is 23.1 Å². The lowest BCUT2D eigenvalue weighted by atomic mass is 10.1. The van der Waals surface area contributed by atoms with E-state index in [0.717, 1.165) is 71.6 Å². The molecule has 0 unspecified atom stereocenters. The molecule has 1 aliphatic rings. The molecule has 0 N–H and O–H groups in total. The van der Waals surface area contributed by atoms with Gasteiger partial charge in [-0.25, -0.2) is 15.0 Å². The molecule has 0 aliphatic carbocycles. The number of fused-ring (bicyclic) bond motifs is 1. The van der Waals surface area contributed by atoms with Crippen LogP contribution in [-0.2, 0) is 4.74 Å². The lowest BCUT2D eigenvalue weighted by molar-refractivity contribution is 0.122. The fourth-order valence-corrected chi connectivity index (χ4v) is 4.98. The van der Waals surface area contributed by atoms with Crippen LogP contribution in [0.2, 0.25) is 5.15 Å². The first-order chi connectivity index (χ1) is 13.1. The summed E-state index contributed by atoms with van der Waals surface area (Å²) >= 11 is 8.09. The van der Waals surface area contributed by atoms with Crippen LogP contribution in [0.25, 0.3) is 21.7 Å². The summed E-state index contributed by atoms with van der Waals surface area (Å²) in [5.41, 5.74) is 3.81. The van der Waals surface area contributed by atoms with Crippen molar-refractivity contribution in [1.29, 1.82) is 0 Å². The largest absolute Gasteiger partial charge is 0.378 e. The fraction of sp³-hybridized carbons (Fsp3) is 0.526. The predicted octanol–water partition coefficient (Wildman–Crippen LogP) is 4.71. The van der Waals surface area contributed by atoms with Crippen molar-refractivity contribution in [3.8, 4) is 10.6 Å². The monoisotopic (exact) mass is 405 g/mol. The maximum atomic E-state index is 6.50. The molecule has 6 nitrogen and oxygen atoms in total. The van der Waals surface area contributed by atoms with Gasteiger partial charge in [-0.1, -0.05) is 36.8 Å². The van der Waals surface area contributed by atoms with Gasteiger partial charge in [-0.05, 0) is 31.4 Å². The number of aryl methyl sites for hydroxylation is 1. The highest BCUT2D eigenvalue weighted by atomic mass is 35.5. The summed E-state index contributed by atoms with van der Waals surface area (Å²) in [6.45, 7) is 9.63. The topological polar surface area (TPSA) is 56.1 Å². The number of imidazole rings is 1. The zero-order valence-electron chi connectivity index (χ0n) is 15.9. The zero-order chi connectivity index (χ0) is 19.0. The van der Waals surface area contributed by atoms with Crippen LogP contribution in [0.4, 0.5) is 5.13 Å². The molecule has 0 amide bonds. The Balaban J connectivity index is 1.74. The van der Waals surface area contributed by atoms with Crippen molar-refractivity contribution in [2.24, 2.45) is 0 Å². The van der Waals surface area contributed by atoms with Crippen LogP contribution in [-0.4, -0.2) is 45.8 Å². The van der Waals surface area contributed by atoms with Crippen LogP contribution in [0.15, 0.2) is 12.4 Å². The summed E-state index contributed by atoms with van der Waals surface area (Å²) in [5.74, 6) is 0. The van der Waals surface area contributed by atoms with Crippen molar-refractivity contribution in [3.63, 3.8) is 0 Å². The van der Waals surface area contributed by atoms with E-state index in [0.29, 0.717) is 11.2 Å². The number of hydrogen-bond acceptors (Lipinski definition) is 6. The molecule has 0 atom stereocenters. The van der Waals surface area contributed by atoms with E-state index in [1.165, 1.54) is 0 Å². The molecular formula is C19H24ClN5OS. The van der Waals surface area contributed by atoms with Gasteiger partial charge in [0.25, 0.3) is 0 Å². The minimum Gasteiger partial charge on any atom is -0.378 e. The first-order valence-electron chi connectivity index (χ1n) is 9.45. The Morgan fingerprint density at radius 3 is 2.67 bits per heavy atom. The highest BCUT2D eigenvalue weighted by molar-refractivity contribution is 7.19. The molecule has 4 rings (SSSR count). The third-order valence-corrected chi connectivity index (χ3v) is 6.67. The molecule has 3 aromatic heterocycles. The van der Waals surface area contributed by atoms with Gasteiger partial charge >= 0.3 is 0 Å². The summed E-state index contributed by atoms with van der Waals surface area (Å²) < 4.78 is 7.67. The van der Waals surface area contributed by atoms with Gasteiger partial charge in [0.2, 0.25) is 0 Å². The molecule has 27 heavy (non-hydrogen) atoms. The quantitative estimate of drug-likeness (QED) is 0.615. The number of rotatable bonds is 5. The van der Waals surface area contributed by atoms with Crippen molar-refractivity contribution < 1.29 is 4.74 Å². The Hall–Kier alpha value is -1.70. The van der Waals surface area contributed by atoms with Crippen LogP contribution in [0.3, 0.4) is 0 Å². The van der Waals surface area contributed by atoms with Gasteiger partial charge in [-0.3, -0.25) is 0 Å². The Labute approximate surface area is 168 Å². The van der Waals surface area contributed by atoms with E-state index < -0.39 is 0 Å². The highest BCUT2D eigenvalue weighted by Gasteiger charge is 2.22. The first-order valence-corrected chi connectivity index (χ1v) is 10.6. The number of anilines is 1. The Morgan fingerprint density at radius 2 is 1.96 bits per heavy atom. The number of ether oxygens (including phenoxy) is 1. The van der Waals surface area contributed by atoms with Crippen LogP contribution >= 0.6 is 22.9 Å². The zero-order valence-corrected chi connectivity index (χ0v) is 17.5. The van der Waals surface area contributed by atoms with Gasteiger partial charge < -0.3 is 14.2 Å². The molecule has 4 heterocycles. The van der Waals surface area contributed by atoms with E-state index >= 15 is 0 Å². The molecule has 144 valence electrons. The van der Waals surface area contributed by atoms with Crippen molar-refractivity contribution >= 4 is 39.2 Å². The van der Waals surface area contributed by atoms with Crippen LogP contribution in [0.1, 0.15) is 38.3 Å². The molecule has 0 radical (unpaired) electrons. The van der Waals surface area contributed by atoms with E-state index in [1.807, 2.05) is 6.33 Å². The Bertz CT molecular complexity index is 943. The van der Waals surface area contributed by atoms with Gasteiger partial charge in [0.05, 0.1) is 35.6 Å². The first kappa shape index (κ1) is 18.7. The second kappa shape index (κ2) is 7.73. The van der Waals surface area contributed by atoms with Gasteiger partial charge in [0, 0.05) is 19.1 Å². The van der Waals surface area contributed by atoms with Gasteiger partial charge in [-0.15, -0.1) is 0 Å². The van der Waals surface area contributed by atoms with E-state index in [1.54, 1.807) is 11.3 Å². The van der Waals surface area contributed by atoms with E-state index in [4.69, 9.17) is 21.3 Å². The van der Waals surface area contributed by atoms with Gasteiger partial charge in [0.1, 0.15) is 0 Å². The Morgan fingerprint density at radius 1 is 1.22 bits per heavy atom. The van der Waals surface area contributed by atoms with Gasteiger partial charge in [0.15, 0.2) is 15.9 Å². The van der Waals surface area contributed by atoms with Gasteiger partial charge in [-0.2, -0.15) is 0 Å². The smallest absolute Gasteiger partial charge is 0.187 e. The lowest BCUT2D eigenvalue weighted by Gasteiger charge is -2.25. The predicted molar refractivity (Wildman–Crippen MR) is 111 cm³/mol. The molecule has 0 aromatic carbocycles. The lowest BCUT2D eigenvalue weighted by Crippen LogP contribution is -2.36. The molecule has 1 saturated heterocycles. The average molecular weight is 406 g/mol. The summed E-state index contributed by atoms with van der Waals surface area (Å²) in [7, 11) is 0. The molecule has 0 spiro atoms. The average Bonchev–Trinajstić information content (AvgIpc) is 3.27. The minimum absolute atomic E-state index is 0.446. The maximum absolute atomic E-state index is 6.50. The number of pyridine rings is 1. The summed E-state index contributed by atoms with van der Waals surface area (Å²) in [5, 5.41) is 1.44. The maximum Gasteiger partial charge on any atom is 0.187 e. The molecule has 1 fully saturated rings. The number of thiazole rings is 1. The Kier molecular flexibility index (Phi) is 5.34.